The smallest absolute Gasteiger partial charge is 0.350 e. The summed E-state index contributed by atoms with van der Waals surface area (Å²) in [7, 11) is -4.21. The number of rotatable bonds is 5. The van der Waals surface area contributed by atoms with E-state index < -0.39 is 45.7 Å². The topological polar surface area (TPSA) is 118 Å². The van der Waals surface area contributed by atoms with E-state index in [1.807, 2.05) is 5.32 Å². The molecule has 0 aliphatic carbocycles. The standard InChI is InChI=1S/C9H13F3N4O3S/c1-2-5-7(20(13,18)19)6(16-15-5)8(17)14-4-3-9(10,11)12/h2-4H2,1H3,(H,14,17)(H,15,16)(H2,13,18,19). The first-order valence-electron chi connectivity index (χ1n) is 5.51. The van der Waals surface area contributed by atoms with Gasteiger partial charge in [0.15, 0.2) is 5.69 Å². The number of aromatic nitrogens is 2. The van der Waals surface area contributed by atoms with Crippen molar-refractivity contribution in [2.45, 2.75) is 30.8 Å². The van der Waals surface area contributed by atoms with E-state index in [2.05, 4.69) is 10.2 Å². The Morgan fingerprint density at radius 1 is 1.45 bits per heavy atom. The second kappa shape index (κ2) is 5.79. The minimum absolute atomic E-state index is 0.119. The normalized spacial score (nSPS) is 12.4. The molecule has 114 valence electrons. The van der Waals surface area contributed by atoms with Crippen LogP contribution in [0.2, 0.25) is 0 Å². The maximum atomic E-state index is 11.9. The number of nitrogens with two attached hydrogens (primary N) is 1. The van der Waals surface area contributed by atoms with Crippen molar-refractivity contribution in [1.29, 1.82) is 0 Å². The summed E-state index contributed by atoms with van der Waals surface area (Å²) in [6.45, 7) is 0.925. The Kier molecular flexibility index (Phi) is 4.76. The monoisotopic (exact) mass is 314 g/mol. The summed E-state index contributed by atoms with van der Waals surface area (Å²) in [6.07, 6.45) is -5.43. The molecule has 0 saturated carbocycles. The van der Waals surface area contributed by atoms with Gasteiger partial charge in [0.1, 0.15) is 4.90 Å². The Balaban J connectivity index is 2.92. The molecule has 0 unspecified atom stereocenters. The Labute approximate surface area is 112 Å². The number of aromatic amines is 1. The molecule has 0 bridgehead atoms. The summed E-state index contributed by atoms with van der Waals surface area (Å²) in [5.41, 5.74) is -0.417. The highest BCUT2D eigenvalue weighted by atomic mass is 32.2. The molecule has 1 aromatic rings. The molecule has 1 heterocycles. The average Bonchev–Trinajstić information content (AvgIpc) is 2.70. The molecule has 4 N–H and O–H groups in total. The summed E-state index contributed by atoms with van der Waals surface area (Å²) in [6, 6.07) is 0. The fourth-order valence-corrected chi connectivity index (χ4v) is 2.41. The van der Waals surface area contributed by atoms with Crippen LogP contribution in [0.25, 0.3) is 0 Å². The summed E-state index contributed by atoms with van der Waals surface area (Å²) >= 11 is 0. The summed E-state index contributed by atoms with van der Waals surface area (Å²) < 4.78 is 58.6. The van der Waals surface area contributed by atoms with Crippen molar-refractivity contribution in [3.63, 3.8) is 0 Å². The number of amides is 1. The van der Waals surface area contributed by atoms with Crippen LogP contribution in [0.3, 0.4) is 0 Å². The van der Waals surface area contributed by atoms with E-state index in [4.69, 9.17) is 5.14 Å². The lowest BCUT2D eigenvalue weighted by Crippen LogP contribution is -2.30. The second-order valence-corrected chi connectivity index (χ2v) is 5.40. The zero-order valence-electron chi connectivity index (χ0n) is 10.4. The molecule has 0 saturated heterocycles. The molecule has 1 rings (SSSR count). The van der Waals surface area contributed by atoms with Crippen LogP contribution in [0.1, 0.15) is 29.5 Å². The fourth-order valence-electron chi connectivity index (χ4n) is 1.47. The number of nitrogens with one attached hydrogen (secondary N) is 2. The number of H-pyrrole nitrogens is 1. The van der Waals surface area contributed by atoms with Crippen LogP contribution in [0.4, 0.5) is 13.2 Å². The number of hydrogen-bond donors (Lipinski definition) is 3. The Morgan fingerprint density at radius 3 is 2.50 bits per heavy atom. The van der Waals surface area contributed by atoms with Crippen LogP contribution < -0.4 is 10.5 Å². The molecule has 20 heavy (non-hydrogen) atoms. The third kappa shape index (κ3) is 4.20. The number of carbonyl (C=O) groups is 1. The predicted molar refractivity (Wildman–Crippen MR) is 62.3 cm³/mol. The highest BCUT2D eigenvalue weighted by molar-refractivity contribution is 7.89. The van der Waals surface area contributed by atoms with Crippen molar-refractivity contribution in [3.05, 3.63) is 11.4 Å². The van der Waals surface area contributed by atoms with Crippen molar-refractivity contribution < 1.29 is 26.4 Å². The quantitative estimate of drug-likeness (QED) is 0.724. The van der Waals surface area contributed by atoms with E-state index in [9.17, 15) is 26.4 Å². The molecule has 1 aromatic heterocycles. The van der Waals surface area contributed by atoms with Gasteiger partial charge in [-0.3, -0.25) is 9.89 Å². The third-order valence-corrected chi connectivity index (χ3v) is 3.35. The zero-order valence-corrected chi connectivity index (χ0v) is 11.2. The summed E-state index contributed by atoms with van der Waals surface area (Å²) in [5.74, 6) is -1.03. The molecule has 0 radical (unpaired) electrons. The highest BCUT2D eigenvalue weighted by Gasteiger charge is 2.29. The lowest BCUT2D eigenvalue weighted by atomic mass is 10.3. The number of sulfonamides is 1. The molecule has 0 aliphatic heterocycles. The first-order chi connectivity index (χ1) is 9.06. The van der Waals surface area contributed by atoms with Gasteiger partial charge in [-0.1, -0.05) is 6.92 Å². The number of primary sulfonamides is 1. The van der Waals surface area contributed by atoms with E-state index in [0.717, 1.165) is 0 Å². The zero-order chi connectivity index (χ0) is 15.6. The first-order valence-corrected chi connectivity index (χ1v) is 7.06. The first kappa shape index (κ1) is 16.4. The van der Waals surface area contributed by atoms with Gasteiger partial charge < -0.3 is 5.32 Å². The highest BCUT2D eigenvalue weighted by Crippen LogP contribution is 2.19. The van der Waals surface area contributed by atoms with Crippen LogP contribution in [-0.4, -0.2) is 37.2 Å². The van der Waals surface area contributed by atoms with Crippen molar-refractivity contribution in [1.82, 2.24) is 15.5 Å². The molecule has 0 atom stereocenters. The lowest BCUT2D eigenvalue weighted by molar-refractivity contribution is -0.133. The largest absolute Gasteiger partial charge is 0.390 e. The van der Waals surface area contributed by atoms with Gasteiger partial charge in [-0.05, 0) is 6.42 Å². The number of nitrogens with zero attached hydrogens (tertiary/aromatic N) is 1. The minimum atomic E-state index is -4.42. The van der Waals surface area contributed by atoms with Gasteiger partial charge in [0.25, 0.3) is 5.91 Å². The van der Waals surface area contributed by atoms with Gasteiger partial charge in [0.2, 0.25) is 10.0 Å². The van der Waals surface area contributed by atoms with Gasteiger partial charge in [-0.25, -0.2) is 13.6 Å². The predicted octanol–water partition coefficient (Wildman–Crippen LogP) is 0.302. The molecular formula is C9H13F3N4O3S. The van der Waals surface area contributed by atoms with Gasteiger partial charge in [-0.15, -0.1) is 0 Å². The van der Waals surface area contributed by atoms with E-state index in [1.165, 1.54) is 0 Å². The van der Waals surface area contributed by atoms with E-state index in [1.54, 1.807) is 6.92 Å². The summed E-state index contributed by atoms with van der Waals surface area (Å²) in [4.78, 5) is 11.2. The van der Waals surface area contributed by atoms with Gasteiger partial charge in [0, 0.05) is 6.54 Å². The van der Waals surface area contributed by atoms with Gasteiger partial charge >= 0.3 is 6.18 Å². The molecule has 0 aromatic carbocycles. The number of alkyl halides is 3. The molecular weight excluding hydrogens is 301 g/mol. The average molecular weight is 314 g/mol. The molecule has 1 amide bonds. The van der Waals surface area contributed by atoms with E-state index in [-0.39, 0.29) is 12.1 Å². The molecule has 0 aliphatic rings. The third-order valence-electron chi connectivity index (χ3n) is 2.34. The second-order valence-electron chi connectivity index (χ2n) is 3.90. The number of carbonyl (C=O) groups excluding carboxylic acids is 1. The Hall–Kier alpha value is -1.62. The Morgan fingerprint density at radius 2 is 2.05 bits per heavy atom. The fraction of sp³-hybridized carbons (Fsp3) is 0.556. The number of halogens is 3. The van der Waals surface area contributed by atoms with Crippen molar-refractivity contribution in [2.24, 2.45) is 5.14 Å². The van der Waals surface area contributed by atoms with E-state index in [0.29, 0.717) is 0 Å². The van der Waals surface area contributed by atoms with Gasteiger partial charge in [0.05, 0.1) is 12.1 Å². The van der Waals surface area contributed by atoms with Crippen LogP contribution in [0.15, 0.2) is 4.90 Å². The van der Waals surface area contributed by atoms with Crippen LogP contribution >= 0.6 is 0 Å². The maximum Gasteiger partial charge on any atom is 0.390 e. The Bertz CT molecular complexity index is 594. The van der Waals surface area contributed by atoms with Crippen LogP contribution in [0, 0.1) is 0 Å². The van der Waals surface area contributed by atoms with Crippen molar-refractivity contribution in [3.8, 4) is 0 Å². The molecule has 11 heteroatoms. The number of hydrogen-bond acceptors (Lipinski definition) is 4. The van der Waals surface area contributed by atoms with Gasteiger partial charge in [-0.2, -0.15) is 18.3 Å². The lowest BCUT2D eigenvalue weighted by Gasteiger charge is -2.07. The number of aryl methyl sites for hydroxylation is 1. The van der Waals surface area contributed by atoms with Crippen molar-refractivity contribution in [2.75, 3.05) is 6.54 Å². The minimum Gasteiger partial charge on any atom is -0.350 e. The van der Waals surface area contributed by atoms with Crippen LogP contribution in [-0.2, 0) is 16.4 Å². The van der Waals surface area contributed by atoms with Crippen LogP contribution in [0.5, 0.6) is 0 Å². The molecule has 7 nitrogen and oxygen atoms in total. The molecule has 0 fully saturated rings. The SMILES string of the molecule is CCc1[nH]nc(C(=O)NCCC(F)(F)F)c1S(N)(=O)=O. The van der Waals surface area contributed by atoms with Crippen molar-refractivity contribution >= 4 is 15.9 Å². The summed E-state index contributed by atoms with van der Waals surface area (Å²) in [5, 5.41) is 12.7. The van der Waals surface area contributed by atoms with E-state index >= 15 is 0 Å². The molecule has 0 spiro atoms. The maximum absolute atomic E-state index is 11.9.